The fourth-order valence-corrected chi connectivity index (χ4v) is 6.13. The smallest absolute Gasteiger partial charge is 0.396 e. The summed E-state index contributed by atoms with van der Waals surface area (Å²) in [6, 6.07) is -8.19. The van der Waals surface area contributed by atoms with Gasteiger partial charge >= 0.3 is 17.7 Å². The van der Waals surface area contributed by atoms with E-state index in [9.17, 15) is 74.1 Å². The third-order valence-electron chi connectivity index (χ3n) is 10.00. The summed E-state index contributed by atoms with van der Waals surface area (Å²) in [5, 5.41) is 94.1. The van der Waals surface area contributed by atoms with Crippen molar-refractivity contribution in [3.63, 3.8) is 0 Å². The molecule has 0 bridgehead atoms. The van der Waals surface area contributed by atoms with Gasteiger partial charge in [-0.2, -0.15) is 15.2 Å². The first kappa shape index (κ1) is 62.6. The number of carbonyl (C=O) groups excluding carboxylic acids is 9. The van der Waals surface area contributed by atoms with Gasteiger partial charge in [-0.15, -0.1) is 0 Å². The standard InChI is InChI=1S/C41H67N9O17.Fe/c1-25(10-16-51)19-34(57)48(65)13-4-7-28-37(60)42-22-33(56)43-31(23-54)40(63)47-32(24-55)41(64)46-30(9-6-15-50(67)36(59)21-27(3)12-18-53)39(62)45-29(38(61)44-28)8-5-14-49(66)35(58)20-26(2)11-17-52;/h19-21,28-32,51-55,65-67H,4-18,22-24H2,1-3H3,(H,42,60)(H,43,56)(H,44,61)(H,45,62)(H,46,64)(H,47,63);/p+3/b25-19-,26-20-,27-21-;/t28-,29-,30-,31-,32-;/m0./s1. The molecule has 0 aromatic rings. The van der Waals surface area contributed by atoms with Gasteiger partial charge in [0.25, 0.3) is 0 Å². The molecule has 1 fully saturated rings. The first-order valence-electron chi connectivity index (χ1n) is 21.6. The van der Waals surface area contributed by atoms with Gasteiger partial charge in [-0.1, -0.05) is 16.7 Å². The molecule has 27 heteroatoms. The number of amides is 9. The molecule has 0 spiro atoms. The molecule has 1 rings (SSSR count). The molecule has 386 valence electrons. The van der Waals surface area contributed by atoms with Crippen LogP contribution in [0.2, 0.25) is 0 Å². The van der Waals surface area contributed by atoms with Crippen molar-refractivity contribution in [1.82, 2.24) is 47.1 Å². The monoisotopic (exact) mass is 1020 g/mol. The van der Waals surface area contributed by atoms with Crippen LogP contribution in [-0.4, -0.2) is 213 Å². The third kappa shape index (κ3) is 24.1. The molecule has 0 aromatic carbocycles. The Morgan fingerprint density at radius 2 is 0.779 bits per heavy atom. The van der Waals surface area contributed by atoms with Crippen molar-refractivity contribution in [2.24, 2.45) is 0 Å². The van der Waals surface area contributed by atoms with Gasteiger partial charge in [-0.25, -0.2) is 0 Å². The molecule has 9 amide bonds. The fourth-order valence-electron chi connectivity index (χ4n) is 6.13. The van der Waals surface area contributed by atoms with E-state index >= 15 is 0 Å². The maximum absolute atomic E-state index is 14.1. The zero-order valence-electron chi connectivity index (χ0n) is 38.4. The summed E-state index contributed by atoms with van der Waals surface area (Å²) < 4.78 is 0. The van der Waals surface area contributed by atoms with Crippen LogP contribution in [0.3, 0.4) is 0 Å². The van der Waals surface area contributed by atoms with Crippen molar-refractivity contribution >= 4 is 53.2 Å². The van der Waals surface area contributed by atoms with Gasteiger partial charge < -0.3 is 57.4 Å². The normalized spacial score (nSPS) is 20.5. The molecule has 1 aliphatic heterocycles. The van der Waals surface area contributed by atoms with Crippen LogP contribution in [-0.2, 0) is 45.8 Å². The molecule has 0 aromatic heterocycles. The van der Waals surface area contributed by atoms with Gasteiger partial charge in [0.1, 0.15) is 30.2 Å². The van der Waals surface area contributed by atoms with Crippen molar-refractivity contribution in [3.05, 3.63) is 34.9 Å². The zero-order chi connectivity index (χ0) is 50.6. The molecule has 26 nitrogen and oxygen atoms in total. The second-order valence-corrected chi connectivity index (χ2v) is 15.7. The summed E-state index contributed by atoms with van der Waals surface area (Å²) in [6.07, 6.45) is 2.85. The maximum atomic E-state index is 14.1. The van der Waals surface area contributed by atoms with Crippen LogP contribution in [0, 0.1) is 0 Å². The maximum Gasteiger partial charge on any atom is 0.440 e. The molecule has 68 heavy (non-hydrogen) atoms. The van der Waals surface area contributed by atoms with Crippen LogP contribution in [0.15, 0.2) is 34.9 Å². The number of aliphatic hydroxyl groups is 5. The first-order valence-corrected chi connectivity index (χ1v) is 21.6. The van der Waals surface area contributed by atoms with Gasteiger partial charge in [0.2, 0.25) is 35.4 Å². The van der Waals surface area contributed by atoms with Crippen LogP contribution in [0.1, 0.15) is 78.6 Å². The number of hydrogen-bond acceptors (Lipinski definition) is 14. The minimum atomic E-state index is -1.77. The van der Waals surface area contributed by atoms with Crippen LogP contribution in [0.25, 0.3) is 0 Å². The van der Waals surface area contributed by atoms with Crippen molar-refractivity contribution in [2.45, 2.75) is 109 Å². The Kier molecular flexibility index (Phi) is 31.3. The summed E-state index contributed by atoms with van der Waals surface area (Å²) in [6.45, 7) is 0.244. The van der Waals surface area contributed by atoms with Crippen molar-refractivity contribution in [2.75, 3.05) is 59.2 Å². The summed E-state index contributed by atoms with van der Waals surface area (Å²) in [5.74, 6) is -8.13. The molecule has 0 radical (unpaired) electrons. The van der Waals surface area contributed by atoms with E-state index in [1.807, 2.05) is 0 Å². The molecular weight excluding hydrogens is 946 g/mol. The van der Waals surface area contributed by atoms with E-state index < -0.39 is 103 Å². The predicted octanol–water partition coefficient (Wildman–Crippen LogP) is -4.57. The second-order valence-electron chi connectivity index (χ2n) is 15.7. The van der Waals surface area contributed by atoms with E-state index in [-0.39, 0.29) is 114 Å². The number of rotatable bonds is 23. The first-order chi connectivity index (χ1) is 31.7. The molecular formula is C41H70FeN9O17+3. The minimum Gasteiger partial charge on any atom is -0.396 e. The molecule has 1 aliphatic rings. The number of hydroxylamine groups is 6. The molecule has 1 heterocycles. The summed E-state index contributed by atoms with van der Waals surface area (Å²) in [7, 11) is 0. The number of nitrogens with zero attached hydrogens (tertiary/aromatic N) is 3. The molecule has 1 saturated heterocycles. The minimum absolute atomic E-state index is 0. The topological polar surface area (TPSA) is 410 Å². The number of hydrogen-bond donors (Lipinski definition) is 14. The van der Waals surface area contributed by atoms with E-state index in [2.05, 4.69) is 31.9 Å². The number of nitrogens with one attached hydrogen (secondary N) is 6. The Morgan fingerprint density at radius 1 is 0.500 bits per heavy atom. The zero-order valence-corrected chi connectivity index (χ0v) is 39.5. The number of carbonyl (C=O) groups is 6. The SMILES string of the molecule is C/C(=C/C(=[OH+])N(O)CCC[C@@H]1NC(=O)[C@H](CCCN(O)C(=[OH+])/C=C(/C)CCO)NC(=O)[C@H](CCCN(O)C(=[OH+])/C=C(/C)CCO)NC(=O)[C@H](CO)NC(=O)[C@H](CO)NC(=O)CNC1=O)CCO.[Fe]. The van der Waals surface area contributed by atoms with Gasteiger partial charge in [0.05, 0.1) is 57.6 Å². The quantitative estimate of drug-likeness (QED) is 0.0151. The van der Waals surface area contributed by atoms with Crippen LogP contribution in [0.5, 0.6) is 0 Å². The van der Waals surface area contributed by atoms with E-state index in [0.717, 1.165) is 0 Å². The van der Waals surface area contributed by atoms with Crippen molar-refractivity contribution < 1.29 is 101 Å². The average molecular weight is 1020 g/mol. The van der Waals surface area contributed by atoms with E-state index in [1.54, 1.807) is 20.8 Å². The number of aliphatic hydroxyl groups excluding tert-OH is 5. The Bertz CT molecular complexity index is 1800. The largest absolute Gasteiger partial charge is 0.440 e. The van der Waals surface area contributed by atoms with Crippen LogP contribution < -0.4 is 31.9 Å². The Labute approximate surface area is 403 Å². The van der Waals surface area contributed by atoms with Gasteiger partial charge in [-0.05, 0) is 78.6 Å². The van der Waals surface area contributed by atoms with Crippen LogP contribution >= 0.6 is 0 Å². The van der Waals surface area contributed by atoms with Crippen LogP contribution in [0.4, 0.5) is 0 Å². The van der Waals surface area contributed by atoms with Gasteiger partial charge in [-0.3, -0.25) is 58.8 Å². The molecule has 17 N–H and O–H groups in total. The Morgan fingerprint density at radius 3 is 1.09 bits per heavy atom. The second kappa shape index (κ2) is 34.0. The van der Waals surface area contributed by atoms with E-state index in [0.29, 0.717) is 31.9 Å². The summed E-state index contributed by atoms with van der Waals surface area (Å²) >= 11 is 0. The van der Waals surface area contributed by atoms with Gasteiger partial charge in [0.15, 0.2) is 0 Å². The van der Waals surface area contributed by atoms with E-state index in [4.69, 9.17) is 10.2 Å². The molecule has 0 unspecified atom stereocenters. The molecule has 0 aliphatic carbocycles. The average Bonchev–Trinajstić information content (AvgIpc) is 3.27. The molecule has 0 saturated carbocycles. The fraction of sp³-hybridized carbons (Fsp3) is 0.634. The Hall–Kier alpha value is -5.35. The molecule has 5 atom stereocenters. The van der Waals surface area contributed by atoms with Gasteiger partial charge in [0, 0.05) is 36.9 Å². The third-order valence-corrected chi connectivity index (χ3v) is 10.00. The predicted molar refractivity (Wildman–Crippen MR) is 237 cm³/mol. The van der Waals surface area contributed by atoms with Crippen molar-refractivity contribution in [1.29, 1.82) is 0 Å². The summed E-state index contributed by atoms with van der Waals surface area (Å²) in [4.78, 5) is 112. The Balaban J connectivity index is 0.0000449. The van der Waals surface area contributed by atoms with Crippen molar-refractivity contribution in [3.8, 4) is 0 Å². The summed E-state index contributed by atoms with van der Waals surface area (Å²) in [5.41, 5.74) is 1.54. The van der Waals surface area contributed by atoms with E-state index in [1.165, 1.54) is 18.2 Å².